The van der Waals surface area contributed by atoms with E-state index in [9.17, 15) is 9.59 Å². The van der Waals surface area contributed by atoms with Crippen molar-refractivity contribution in [1.82, 2.24) is 0 Å². The third-order valence-corrected chi connectivity index (χ3v) is 4.59. The topological polar surface area (TPSA) is 101 Å². The lowest BCUT2D eigenvalue weighted by atomic mass is 9.90. The zero-order valence-electron chi connectivity index (χ0n) is 7.43. The van der Waals surface area contributed by atoms with Crippen molar-refractivity contribution in [2.24, 2.45) is 28.9 Å². The molecule has 5 atom stereocenters. The van der Waals surface area contributed by atoms with Gasteiger partial charge in [-0.3, -0.25) is 9.59 Å². The Balaban J connectivity index is 2.06. The second-order valence-electron chi connectivity index (χ2n) is 4.80. The van der Waals surface area contributed by atoms with Crippen molar-refractivity contribution in [2.75, 3.05) is 0 Å². The van der Waals surface area contributed by atoms with Crippen LogP contribution in [0.4, 0.5) is 0 Å². The Kier molecular flexibility index (Phi) is 1.07. The average Bonchev–Trinajstić information content (AvgIpc) is 2.45. The first-order chi connectivity index (χ1) is 6.45. The highest BCUT2D eigenvalue weighted by Gasteiger charge is 2.88. The molecule has 14 heavy (non-hydrogen) atoms. The molecule has 4 aliphatic carbocycles. The molecule has 5 heteroatoms. The fourth-order valence-electron chi connectivity index (χ4n) is 4.00. The minimum Gasteiger partial charge on any atom is -0.481 e. The molecule has 2 unspecified atom stereocenters. The number of nitrogens with two attached hydrogens (primary N) is 1. The van der Waals surface area contributed by atoms with Crippen LogP contribution in [0.5, 0.6) is 0 Å². The average molecular weight is 197 g/mol. The van der Waals surface area contributed by atoms with E-state index in [2.05, 4.69) is 0 Å². The molecule has 5 nitrogen and oxygen atoms in total. The van der Waals surface area contributed by atoms with Crippen LogP contribution in [-0.2, 0) is 9.59 Å². The molecule has 4 N–H and O–H groups in total. The summed E-state index contributed by atoms with van der Waals surface area (Å²) in [5.41, 5.74) is 3.79. The molecule has 4 bridgehead atoms. The smallest absolute Gasteiger partial charge is 0.324 e. The van der Waals surface area contributed by atoms with Crippen LogP contribution in [0.25, 0.3) is 0 Å². The Morgan fingerprint density at radius 2 is 1.93 bits per heavy atom. The summed E-state index contributed by atoms with van der Waals surface area (Å²) in [7, 11) is 0. The molecule has 0 aromatic carbocycles. The minimum atomic E-state index is -1.26. The number of carboxylic acids is 2. The first-order valence-corrected chi connectivity index (χ1v) is 4.71. The van der Waals surface area contributed by atoms with E-state index in [0.29, 0.717) is 12.8 Å². The lowest BCUT2D eigenvalue weighted by molar-refractivity contribution is -0.145. The Labute approximate surface area is 79.9 Å². The van der Waals surface area contributed by atoms with Crippen LogP contribution >= 0.6 is 0 Å². The van der Waals surface area contributed by atoms with E-state index in [1.807, 2.05) is 0 Å². The molecule has 4 saturated carbocycles. The third-order valence-electron chi connectivity index (χ3n) is 4.59. The summed E-state index contributed by atoms with van der Waals surface area (Å²) in [4.78, 5) is 22.1. The number of carboxylic acid groups (broad SMARTS) is 2. The molecule has 76 valence electrons. The molecule has 4 aliphatic rings. The van der Waals surface area contributed by atoms with E-state index in [4.69, 9.17) is 15.9 Å². The predicted octanol–water partition coefficient (Wildman–Crippen LogP) is -0.491. The molecule has 0 aliphatic heterocycles. The number of rotatable bonds is 2. The number of hydrogen-bond acceptors (Lipinski definition) is 3. The molecule has 0 saturated heterocycles. The lowest BCUT2D eigenvalue weighted by Crippen LogP contribution is -2.51. The van der Waals surface area contributed by atoms with Crippen LogP contribution < -0.4 is 5.73 Å². The molecular weight excluding hydrogens is 186 g/mol. The van der Waals surface area contributed by atoms with Gasteiger partial charge in [0.15, 0.2) is 0 Å². The van der Waals surface area contributed by atoms with Crippen molar-refractivity contribution in [1.29, 1.82) is 0 Å². The quantitative estimate of drug-likeness (QED) is 0.554. The first-order valence-electron chi connectivity index (χ1n) is 4.71. The van der Waals surface area contributed by atoms with Gasteiger partial charge in [0.1, 0.15) is 5.54 Å². The highest BCUT2D eigenvalue weighted by molar-refractivity contribution is 5.90. The summed E-state index contributed by atoms with van der Waals surface area (Å²) in [6.07, 6.45) is 1.14. The SMILES string of the molecule is NC1(C(=O)O)[C@@H]2C[C@@H]3[C@H]1C3(C(=O)O)C2. The van der Waals surface area contributed by atoms with Crippen molar-refractivity contribution < 1.29 is 19.8 Å². The normalized spacial score (nSPS) is 57.4. The highest BCUT2D eigenvalue weighted by atomic mass is 16.4. The Morgan fingerprint density at radius 1 is 1.29 bits per heavy atom. The van der Waals surface area contributed by atoms with Crippen LogP contribution in [0.3, 0.4) is 0 Å². The lowest BCUT2D eigenvalue weighted by Gasteiger charge is -2.22. The maximum absolute atomic E-state index is 11.1. The van der Waals surface area contributed by atoms with Gasteiger partial charge in [-0.25, -0.2) is 0 Å². The van der Waals surface area contributed by atoms with Gasteiger partial charge in [0, 0.05) is 5.92 Å². The standard InChI is InChI=1S/C9H11NO4/c10-9(7(13)14)3-1-4-5(9)8(4,2-3)6(11)12/h3-5H,1-2,10H2,(H,11,12)(H,13,14)/t3-,4-,5+,8?,9?/m1/s1. The van der Waals surface area contributed by atoms with Gasteiger partial charge in [-0.2, -0.15) is 0 Å². The van der Waals surface area contributed by atoms with E-state index >= 15 is 0 Å². The van der Waals surface area contributed by atoms with Crippen LogP contribution in [0, 0.1) is 23.2 Å². The zero-order chi connectivity index (χ0) is 10.3. The summed E-state index contributed by atoms with van der Waals surface area (Å²) in [5.74, 6) is -2.33. The van der Waals surface area contributed by atoms with E-state index < -0.39 is 22.9 Å². The summed E-state index contributed by atoms with van der Waals surface area (Å²) >= 11 is 0. The predicted molar refractivity (Wildman–Crippen MR) is 44.3 cm³/mol. The van der Waals surface area contributed by atoms with E-state index in [-0.39, 0.29) is 17.8 Å². The van der Waals surface area contributed by atoms with Crippen molar-refractivity contribution in [2.45, 2.75) is 18.4 Å². The number of hydrogen-bond donors (Lipinski definition) is 3. The summed E-state index contributed by atoms with van der Waals surface area (Å²) in [5, 5.41) is 18.1. The van der Waals surface area contributed by atoms with Gasteiger partial charge in [-0.1, -0.05) is 0 Å². The van der Waals surface area contributed by atoms with Crippen molar-refractivity contribution in [3.05, 3.63) is 0 Å². The van der Waals surface area contributed by atoms with E-state index in [1.54, 1.807) is 0 Å². The van der Waals surface area contributed by atoms with Gasteiger partial charge in [0.25, 0.3) is 0 Å². The third kappa shape index (κ3) is 0.507. The molecular formula is C9H11NO4. The molecule has 0 spiro atoms. The van der Waals surface area contributed by atoms with Gasteiger partial charge in [0.05, 0.1) is 5.41 Å². The molecule has 0 radical (unpaired) electrons. The highest BCUT2D eigenvalue weighted by Crippen LogP contribution is 2.81. The second-order valence-corrected chi connectivity index (χ2v) is 4.80. The minimum absolute atomic E-state index is 0.0195. The van der Waals surface area contributed by atoms with Crippen molar-refractivity contribution in [3.63, 3.8) is 0 Å². The number of aliphatic carboxylic acids is 2. The van der Waals surface area contributed by atoms with Gasteiger partial charge in [-0.15, -0.1) is 0 Å². The molecule has 0 aromatic heterocycles. The largest absolute Gasteiger partial charge is 0.481 e. The zero-order valence-corrected chi connectivity index (χ0v) is 7.43. The summed E-state index contributed by atoms with van der Waals surface area (Å²) in [6, 6.07) is 0. The monoisotopic (exact) mass is 197 g/mol. The Hall–Kier alpha value is -1.10. The van der Waals surface area contributed by atoms with Gasteiger partial charge < -0.3 is 15.9 Å². The van der Waals surface area contributed by atoms with Gasteiger partial charge in [0.2, 0.25) is 0 Å². The van der Waals surface area contributed by atoms with Gasteiger partial charge in [-0.05, 0) is 24.7 Å². The van der Waals surface area contributed by atoms with E-state index in [0.717, 1.165) is 0 Å². The van der Waals surface area contributed by atoms with Crippen LogP contribution in [0.15, 0.2) is 0 Å². The maximum Gasteiger partial charge on any atom is 0.324 e. The Bertz CT molecular complexity index is 368. The van der Waals surface area contributed by atoms with Crippen LogP contribution in [0.1, 0.15) is 12.8 Å². The fourth-order valence-corrected chi connectivity index (χ4v) is 4.00. The van der Waals surface area contributed by atoms with Crippen LogP contribution in [-0.4, -0.2) is 27.7 Å². The summed E-state index contributed by atoms with van der Waals surface area (Å²) < 4.78 is 0. The van der Waals surface area contributed by atoms with Crippen LogP contribution in [0.2, 0.25) is 0 Å². The summed E-state index contributed by atoms with van der Waals surface area (Å²) in [6.45, 7) is 0. The molecule has 0 aromatic rings. The molecule has 4 rings (SSSR count). The number of carbonyl (C=O) groups is 2. The fraction of sp³-hybridized carbons (Fsp3) is 0.778. The molecule has 0 heterocycles. The van der Waals surface area contributed by atoms with Gasteiger partial charge >= 0.3 is 11.9 Å². The first kappa shape index (κ1) is 8.23. The van der Waals surface area contributed by atoms with Crippen molar-refractivity contribution >= 4 is 11.9 Å². The molecule has 0 amide bonds. The maximum atomic E-state index is 11.1. The molecule has 4 fully saturated rings. The second kappa shape index (κ2) is 1.82. The van der Waals surface area contributed by atoms with E-state index in [1.165, 1.54) is 0 Å². The van der Waals surface area contributed by atoms with Crippen molar-refractivity contribution in [3.8, 4) is 0 Å². The Morgan fingerprint density at radius 3 is 2.21 bits per heavy atom.